The van der Waals surface area contributed by atoms with Crippen molar-refractivity contribution in [1.29, 1.82) is 0 Å². The van der Waals surface area contributed by atoms with E-state index < -0.39 is 22.8 Å². The van der Waals surface area contributed by atoms with Crippen LogP contribution in [0, 0.1) is 24.0 Å². The smallest absolute Gasteiger partial charge is 0.326 e. The van der Waals surface area contributed by atoms with Gasteiger partial charge in [-0.05, 0) is 20.3 Å². The summed E-state index contributed by atoms with van der Waals surface area (Å²) in [6.45, 7) is 4.34. The van der Waals surface area contributed by atoms with Crippen LogP contribution in [0.2, 0.25) is 0 Å². The van der Waals surface area contributed by atoms with Gasteiger partial charge in [-0.15, -0.1) is 0 Å². The highest BCUT2D eigenvalue weighted by molar-refractivity contribution is 5.83. The number of nitrogens with zero attached hydrogens (tertiary/aromatic N) is 3. The Morgan fingerprint density at radius 2 is 2.10 bits per heavy atom. The number of rotatable bonds is 6. The average Bonchev–Trinajstić information content (AvgIpc) is 2.60. The molecule has 1 unspecified atom stereocenters. The summed E-state index contributed by atoms with van der Waals surface area (Å²) in [5, 5.41) is 25.9. The number of aryl methyl sites for hydroxylation is 1. The molecule has 0 bridgehead atoms. The Morgan fingerprint density at radius 1 is 1.50 bits per heavy atom. The lowest BCUT2D eigenvalue weighted by molar-refractivity contribution is -0.386. The van der Waals surface area contributed by atoms with Crippen LogP contribution < -0.4 is 5.32 Å². The van der Waals surface area contributed by atoms with Crippen molar-refractivity contribution < 1.29 is 19.6 Å². The largest absolute Gasteiger partial charge is 0.480 e. The van der Waals surface area contributed by atoms with Gasteiger partial charge in [0.25, 0.3) is 0 Å². The molecule has 1 aromatic rings. The predicted octanol–water partition coefficient (Wildman–Crippen LogP) is 0.388. The quantitative estimate of drug-likeness (QED) is 0.574. The molecule has 1 aromatic heterocycles. The number of hydrogen-bond acceptors (Lipinski definition) is 5. The Labute approximate surface area is 114 Å². The lowest BCUT2D eigenvalue weighted by Gasteiger charge is -2.12. The number of carboxylic acid groups (broad SMARTS) is 1. The van der Waals surface area contributed by atoms with Gasteiger partial charge in [0.1, 0.15) is 24.0 Å². The van der Waals surface area contributed by atoms with Gasteiger partial charge in [-0.25, -0.2) is 4.79 Å². The first-order valence-electron chi connectivity index (χ1n) is 5.98. The monoisotopic (exact) mass is 284 g/mol. The van der Waals surface area contributed by atoms with Gasteiger partial charge in [-0.3, -0.25) is 19.6 Å². The van der Waals surface area contributed by atoms with E-state index in [1.54, 1.807) is 6.92 Å². The molecule has 0 spiro atoms. The second-order valence-electron chi connectivity index (χ2n) is 4.30. The van der Waals surface area contributed by atoms with Crippen LogP contribution in [0.15, 0.2) is 0 Å². The topological polar surface area (TPSA) is 127 Å². The van der Waals surface area contributed by atoms with E-state index in [4.69, 9.17) is 5.11 Å². The molecule has 1 rings (SSSR count). The molecule has 0 aliphatic heterocycles. The molecule has 0 saturated carbocycles. The standard InChI is InChI=1S/C11H16N4O5/c1-4-8(11(17)18)12-9(16)5-14-7(3)10(15(19)20)6(2)13-14/h8H,4-5H2,1-3H3,(H,12,16)(H,17,18). The third-order valence-corrected chi connectivity index (χ3v) is 2.86. The predicted molar refractivity (Wildman–Crippen MR) is 68.2 cm³/mol. The summed E-state index contributed by atoms with van der Waals surface area (Å²) >= 11 is 0. The highest BCUT2D eigenvalue weighted by atomic mass is 16.6. The minimum Gasteiger partial charge on any atom is -0.480 e. The molecule has 0 radical (unpaired) electrons. The van der Waals surface area contributed by atoms with Crippen molar-refractivity contribution >= 4 is 17.6 Å². The van der Waals surface area contributed by atoms with Gasteiger partial charge in [0, 0.05) is 0 Å². The van der Waals surface area contributed by atoms with Gasteiger partial charge >= 0.3 is 11.7 Å². The molecule has 0 saturated heterocycles. The highest BCUT2D eigenvalue weighted by Gasteiger charge is 2.24. The van der Waals surface area contributed by atoms with Crippen LogP contribution in [0.5, 0.6) is 0 Å². The Balaban J connectivity index is 2.84. The molecule has 9 nitrogen and oxygen atoms in total. The molecule has 110 valence electrons. The Morgan fingerprint density at radius 3 is 2.50 bits per heavy atom. The molecule has 20 heavy (non-hydrogen) atoms. The van der Waals surface area contributed by atoms with Gasteiger partial charge in [-0.1, -0.05) is 6.92 Å². The summed E-state index contributed by atoms with van der Waals surface area (Å²) in [7, 11) is 0. The van der Waals surface area contributed by atoms with E-state index in [1.807, 2.05) is 0 Å². The van der Waals surface area contributed by atoms with Crippen molar-refractivity contribution in [1.82, 2.24) is 15.1 Å². The lowest BCUT2D eigenvalue weighted by atomic mass is 10.2. The molecule has 0 aromatic carbocycles. The van der Waals surface area contributed by atoms with Crippen LogP contribution in [-0.2, 0) is 16.1 Å². The average molecular weight is 284 g/mol. The van der Waals surface area contributed by atoms with Crippen molar-refractivity contribution in [3.8, 4) is 0 Å². The van der Waals surface area contributed by atoms with E-state index in [0.717, 1.165) is 0 Å². The Hall–Kier alpha value is -2.45. The molecule has 1 atom stereocenters. The molecule has 1 heterocycles. The number of nitrogens with one attached hydrogen (secondary N) is 1. The number of hydrogen-bond donors (Lipinski definition) is 2. The van der Waals surface area contributed by atoms with Gasteiger partial charge in [0.05, 0.1) is 4.92 Å². The highest BCUT2D eigenvalue weighted by Crippen LogP contribution is 2.21. The summed E-state index contributed by atoms with van der Waals surface area (Å²) in [5.41, 5.74) is 0.333. The fraction of sp³-hybridized carbons (Fsp3) is 0.545. The molecule has 0 fully saturated rings. The van der Waals surface area contributed by atoms with Crippen LogP contribution in [0.25, 0.3) is 0 Å². The number of carbonyl (C=O) groups excluding carboxylic acids is 1. The first kappa shape index (κ1) is 15.6. The van der Waals surface area contributed by atoms with E-state index in [1.165, 1.54) is 18.5 Å². The minimum absolute atomic E-state index is 0.136. The fourth-order valence-electron chi connectivity index (χ4n) is 1.82. The third-order valence-electron chi connectivity index (χ3n) is 2.86. The Kier molecular flexibility index (Phi) is 4.78. The van der Waals surface area contributed by atoms with Crippen molar-refractivity contribution in [3.63, 3.8) is 0 Å². The second-order valence-corrected chi connectivity index (χ2v) is 4.30. The number of carbonyl (C=O) groups is 2. The van der Waals surface area contributed by atoms with Gasteiger partial charge in [0.15, 0.2) is 0 Å². The maximum atomic E-state index is 11.7. The minimum atomic E-state index is -1.12. The van der Waals surface area contributed by atoms with Gasteiger partial charge < -0.3 is 10.4 Å². The Bertz CT molecular complexity index is 551. The first-order chi connectivity index (χ1) is 9.27. The molecule has 1 amide bonds. The number of carboxylic acids is 1. The molecule has 2 N–H and O–H groups in total. The van der Waals surface area contributed by atoms with Gasteiger partial charge in [-0.2, -0.15) is 5.10 Å². The summed E-state index contributed by atoms with van der Waals surface area (Å²) in [6.07, 6.45) is 0.248. The number of aliphatic carboxylic acids is 1. The third kappa shape index (κ3) is 3.31. The summed E-state index contributed by atoms with van der Waals surface area (Å²) in [5.74, 6) is -1.68. The molecule has 0 aliphatic carbocycles. The molecule has 0 aliphatic rings. The lowest BCUT2D eigenvalue weighted by Crippen LogP contribution is -2.42. The van der Waals surface area contributed by atoms with Crippen LogP contribution in [0.3, 0.4) is 0 Å². The SMILES string of the molecule is CCC(NC(=O)Cn1nc(C)c([N+](=O)[O-])c1C)C(=O)O. The zero-order valence-electron chi connectivity index (χ0n) is 11.4. The van der Waals surface area contributed by atoms with Crippen LogP contribution in [0.1, 0.15) is 24.7 Å². The van der Waals surface area contributed by atoms with Crippen LogP contribution in [0.4, 0.5) is 5.69 Å². The van der Waals surface area contributed by atoms with Crippen LogP contribution in [-0.4, -0.2) is 37.7 Å². The molecular weight excluding hydrogens is 268 g/mol. The van der Waals surface area contributed by atoms with E-state index in [-0.39, 0.29) is 30.0 Å². The zero-order chi connectivity index (χ0) is 15.4. The summed E-state index contributed by atoms with van der Waals surface area (Å²) in [4.78, 5) is 32.8. The number of aromatic nitrogens is 2. The van der Waals surface area contributed by atoms with Crippen molar-refractivity contribution in [2.75, 3.05) is 0 Å². The maximum absolute atomic E-state index is 11.7. The van der Waals surface area contributed by atoms with Crippen molar-refractivity contribution in [2.24, 2.45) is 0 Å². The maximum Gasteiger partial charge on any atom is 0.326 e. The second kappa shape index (κ2) is 6.13. The van der Waals surface area contributed by atoms with E-state index in [9.17, 15) is 19.7 Å². The van der Waals surface area contributed by atoms with E-state index in [0.29, 0.717) is 0 Å². The van der Waals surface area contributed by atoms with Crippen molar-refractivity contribution in [3.05, 3.63) is 21.5 Å². The first-order valence-corrected chi connectivity index (χ1v) is 5.98. The van der Waals surface area contributed by atoms with Crippen LogP contribution >= 0.6 is 0 Å². The number of amides is 1. The fourth-order valence-corrected chi connectivity index (χ4v) is 1.82. The number of nitro groups is 1. The zero-order valence-corrected chi connectivity index (χ0v) is 11.4. The summed E-state index contributed by atoms with van der Waals surface area (Å²) < 4.78 is 1.19. The van der Waals surface area contributed by atoms with E-state index >= 15 is 0 Å². The van der Waals surface area contributed by atoms with Gasteiger partial charge in [0.2, 0.25) is 5.91 Å². The molecule has 9 heteroatoms. The van der Waals surface area contributed by atoms with Crippen molar-refractivity contribution in [2.45, 2.75) is 39.8 Å². The normalized spacial score (nSPS) is 11.9. The molecular formula is C11H16N4O5. The summed E-state index contributed by atoms with van der Waals surface area (Å²) in [6, 6.07) is -0.977. The van der Waals surface area contributed by atoms with E-state index in [2.05, 4.69) is 10.4 Å².